The van der Waals surface area contributed by atoms with Crippen LogP contribution in [0, 0.1) is 0 Å². The van der Waals surface area contributed by atoms with E-state index in [9.17, 15) is 5.11 Å². The average molecular weight is 431 g/mol. The van der Waals surface area contributed by atoms with Crippen molar-refractivity contribution in [3.05, 3.63) is 47.1 Å². The van der Waals surface area contributed by atoms with Gasteiger partial charge >= 0.3 is 0 Å². The van der Waals surface area contributed by atoms with Crippen LogP contribution >= 0.6 is 0 Å². The van der Waals surface area contributed by atoms with Crippen molar-refractivity contribution in [1.82, 2.24) is 0 Å². The molecule has 0 amide bonds. The molecule has 0 aliphatic carbocycles. The number of benzene rings is 1. The molecule has 0 spiro atoms. The van der Waals surface area contributed by atoms with Gasteiger partial charge in [0, 0.05) is 6.42 Å². The Balaban J connectivity index is 1.99. The first-order chi connectivity index (χ1) is 14.9. The van der Waals surface area contributed by atoms with E-state index < -0.39 is 0 Å². The monoisotopic (exact) mass is 430 g/mol. The molecule has 2 rings (SSSR count). The minimum Gasteiger partial charge on any atom is -0.504 e. The zero-order chi connectivity index (χ0) is 22.6. The third-order valence-corrected chi connectivity index (χ3v) is 5.82. The Kier molecular flexibility index (Phi) is 11.2. The van der Waals surface area contributed by atoms with Crippen LogP contribution in [-0.2, 0) is 15.9 Å². The van der Waals surface area contributed by atoms with E-state index >= 15 is 0 Å². The van der Waals surface area contributed by atoms with E-state index in [2.05, 4.69) is 39.8 Å². The first-order valence-electron chi connectivity index (χ1n) is 11.9. The Bertz CT molecular complexity index is 718. The number of aromatic hydroxyl groups is 1. The van der Waals surface area contributed by atoms with Gasteiger partial charge in [-0.25, -0.2) is 0 Å². The number of hydrogen-bond donors (Lipinski definition) is 1. The van der Waals surface area contributed by atoms with Gasteiger partial charge in [0.15, 0.2) is 17.8 Å². The summed E-state index contributed by atoms with van der Waals surface area (Å²) in [5.41, 5.74) is 3.83. The van der Waals surface area contributed by atoms with Crippen molar-refractivity contribution in [3.8, 4) is 11.5 Å². The molecular weight excluding hydrogens is 388 g/mol. The molecule has 0 unspecified atom stereocenters. The number of ether oxygens (including phenoxy) is 3. The van der Waals surface area contributed by atoms with Gasteiger partial charge in [-0.05, 0) is 76.6 Å². The summed E-state index contributed by atoms with van der Waals surface area (Å²) in [6.07, 6.45) is 14.3. The molecule has 1 aliphatic rings. The van der Waals surface area contributed by atoms with Crippen molar-refractivity contribution in [1.29, 1.82) is 0 Å². The molecule has 1 aromatic carbocycles. The van der Waals surface area contributed by atoms with Crippen LogP contribution in [0.4, 0.5) is 0 Å². The molecule has 1 fully saturated rings. The van der Waals surface area contributed by atoms with Crippen LogP contribution in [0.25, 0.3) is 0 Å². The number of phenolic OH excluding ortho intramolecular Hbond substituents is 1. The molecule has 1 saturated heterocycles. The minimum atomic E-state index is -0.258. The summed E-state index contributed by atoms with van der Waals surface area (Å²) in [7, 11) is 1.58. The van der Waals surface area contributed by atoms with Crippen molar-refractivity contribution < 1.29 is 19.3 Å². The molecule has 3 atom stereocenters. The third kappa shape index (κ3) is 9.49. The van der Waals surface area contributed by atoms with Gasteiger partial charge in [-0.2, -0.15) is 0 Å². The first-order valence-corrected chi connectivity index (χ1v) is 11.9. The predicted molar refractivity (Wildman–Crippen MR) is 128 cm³/mol. The molecule has 1 heterocycles. The van der Waals surface area contributed by atoms with E-state index in [0.29, 0.717) is 5.75 Å². The highest BCUT2D eigenvalue weighted by Gasteiger charge is 2.28. The Morgan fingerprint density at radius 1 is 1.13 bits per heavy atom. The average Bonchev–Trinajstić information content (AvgIpc) is 2.73. The van der Waals surface area contributed by atoms with Gasteiger partial charge in [0.2, 0.25) is 0 Å². The standard InChI is InChI=1S/C27H42O4/c1-6-7-8-12-23-19-24(15-13-22-14-16-25(28)26(18-22)29-5)31-27(30-23)17-21(4)11-9-10-20(2)3/h10,14,16-18,23-24,27-28H,6-9,11-13,15,19H2,1-5H3/t23-,24-,27+/m1/s1. The Labute approximate surface area is 189 Å². The quantitative estimate of drug-likeness (QED) is 0.284. The van der Waals surface area contributed by atoms with Gasteiger partial charge < -0.3 is 19.3 Å². The van der Waals surface area contributed by atoms with Gasteiger partial charge in [0.1, 0.15) is 0 Å². The molecule has 4 nitrogen and oxygen atoms in total. The fourth-order valence-electron chi connectivity index (χ4n) is 4.00. The van der Waals surface area contributed by atoms with Crippen molar-refractivity contribution in [2.75, 3.05) is 7.11 Å². The molecule has 0 bridgehead atoms. The second kappa shape index (κ2) is 13.6. The predicted octanol–water partition coefficient (Wildman–Crippen LogP) is 7.11. The van der Waals surface area contributed by atoms with Crippen molar-refractivity contribution in [2.45, 2.75) is 104 Å². The number of unbranched alkanes of at least 4 members (excludes halogenated alkanes) is 2. The molecular formula is C27H42O4. The summed E-state index contributed by atoms with van der Waals surface area (Å²) in [6.45, 7) is 8.69. The number of methoxy groups -OCH3 is 1. The number of aryl methyl sites for hydroxylation is 1. The molecule has 1 N–H and O–H groups in total. The maximum atomic E-state index is 9.82. The number of rotatable bonds is 12. The van der Waals surface area contributed by atoms with Crippen molar-refractivity contribution >= 4 is 0 Å². The zero-order valence-corrected chi connectivity index (χ0v) is 20.2. The maximum Gasteiger partial charge on any atom is 0.177 e. The first kappa shape index (κ1) is 25.5. The summed E-state index contributed by atoms with van der Waals surface area (Å²) < 4.78 is 17.9. The maximum absolute atomic E-state index is 9.82. The van der Waals surface area contributed by atoms with Gasteiger partial charge in [-0.3, -0.25) is 0 Å². The molecule has 1 aliphatic heterocycles. The van der Waals surface area contributed by atoms with Crippen molar-refractivity contribution in [3.63, 3.8) is 0 Å². The van der Waals surface area contributed by atoms with Gasteiger partial charge in [-0.1, -0.05) is 49.5 Å². The van der Waals surface area contributed by atoms with Crippen LogP contribution in [0.2, 0.25) is 0 Å². The number of phenols is 1. The summed E-state index contributed by atoms with van der Waals surface area (Å²) >= 11 is 0. The van der Waals surface area contributed by atoms with E-state index in [1.807, 2.05) is 12.1 Å². The number of hydrogen-bond acceptors (Lipinski definition) is 4. The highest BCUT2D eigenvalue weighted by Crippen LogP contribution is 2.30. The lowest BCUT2D eigenvalue weighted by Crippen LogP contribution is -2.37. The van der Waals surface area contributed by atoms with Crippen LogP contribution in [0.1, 0.15) is 84.6 Å². The van der Waals surface area contributed by atoms with E-state index in [-0.39, 0.29) is 24.2 Å². The van der Waals surface area contributed by atoms with Gasteiger partial charge in [0.25, 0.3) is 0 Å². The lowest BCUT2D eigenvalue weighted by molar-refractivity contribution is -0.222. The summed E-state index contributed by atoms with van der Waals surface area (Å²) in [5.74, 6) is 0.703. The largest absolute Gasteiger partial charge is 0.504 e. The molecule has 0 radical (unpaired) electrons. The lowest BCUT2D eigenvalue weighted by Gasteiger charge is -2.35. The minimum absolute atomic E-state index is 0.173. The van der Waals surface area contributed by atoms with Crippen LogP contribution < -0.4 is 4.74 Å². The highest BCUT2D eigenvalue weighted by molar-refractivity contribution is 5.41. The summed E-state index contributed by atoms with van der Waals surface area (Å²) in [6, 6.07) is 5.58. The molecule has 174 valence electrons. The molecule has 0 saturated carbocycles. The Morgan fingerprint density at radius 2 is 1.87 bits per heavy atom. The Morgan fingerprint density at radius 3 is 2.55 bits per heavy atom. The second-order valence-corrected chi connectivity index (χ2v) is 8.99. The van der Waals surface area contributed by atoms with Crippen LogP contribution in [0.5, 0.6) is 11.5 Å². The SMILES string of the molecule is CCCCC[C@@H]1C[C@@H](CCc2ccc(O)c(OC)c2)O[C@@H](C=C(C)CCC=C(C)C)O1. The fraction of sp³-hybridized carbons (Fsp3) is 0.630. The Hall–Kier alpha value is -1.78. The van der Waals surface area contributed by atoms with E-state index in [1.165, 1.54) is 30.4 Å². The molecule has 0 aromatic heterocycles. The number of allylic oxidation sites excluding steroid dienone is 3. The zero-order valence-electron chi connectivity index (χ0n) is 20.2. The van der Waals surface area contributed by atoms with Crippen molar-refractivity contribution in [2.24, 2.45) is 0 Å². The van der Waals surface area contributed by atoms with Gasteiger partial charge in [-0.15, -0.1) is 0 Å². The lowest BCUT2D eigenvalue weighted by atomic mass is 9.98. The van der Waals surface area contributed by atoms with Crippen LogP contribution in [0.3, 0.4) is 0 Å². The van der Waals surface area contributed by atoms with Gasteiger partial charge in [0.05, 0.1) is 19.3 Å². The second-order valence-electron chi connectivity index (χ2n) is 8.99. The molecule has 4 heteroatoms. The van der Waals surface area contributed by atoms with E-state index in [0.717, 1.165) is 44.1 Å². The summed E-state index contributed by atoms with van der Waals surface area (Å²) in [5, 5.41) is 9.82. The highest BCUT2D eigenvalue weighted by atomic mass is 16.7. The van der Waals surface area contributed by atoms with Crippen LogP contribution in [-0.4, -0.2) is 30.7 Å². The molecule has 31 heavy (non-hydrogen) atoms. The van der Waals surface area contributed by atoms with E-state index in [1.54, 1.807) is 13.2 Å². The molecule has 1 aromatic rings. The van der Waals surface area contributed by atoms with E-state index in [4.69, 9.17) is 14.2 Å². The topological polar surface area (TPSA) is 47.9 Å². The normalized spacial score (nSPS) is 21.7. The van der Waals surface area contributed by atoms with Crippen LogP contribution in [0.15, 0.2) is 41.5 Å². The smallest absolute Gasteiger partial charge is 0.177 e. The summed E-state index contributed by atoms with van der Waals surface area (Å²) in [4.78, 5) is 0. The fourth-order valence-corrected chi connectivity index (χ4v) is 4.00. The third-order valence-electron chi connectivity index (χ3n) is 5.82.